The van der Waals surface area contributed by atoms with Gasteiger partial charge in [0.15, 0.2) is 5.79 Å². The molecule has 2 saturated heterocycles. The van der Waals surface area contributed by atoms with Crippen molar-refractivity contribution in [3.63, 3.8) is 0 Å². The molecule has 3 rings (SSSR count). The standard InChI is InChI=1S/C16H22N2O5S/c1-10-11(2)24-13(12(10)14(19)21-3)17-15(20)18-6-4-16(5-7-18)22-8-9-23-16/h4-9H2,1-3H3,(H,17,20). The monoisotopic (exact) mass is 354 g/mol. The first-order valence-electron chi connectivity index (χ1n) is 7.98. The summed E-state index contributed by atoms with van der Waals surface area (Å²) in [6.45, 7) is 6.12. The number of carbonyl (C=O) groups is 2. The van der Waals surface area contributed by atoms with Crippen LogP contribution in [0.5, 0.6) is 0 Å². The molecule has 2 aliphatic heterocycles. The molecule has 24 heavy (non-hydrogen) atoms. The van der Waals surface area contributed by atoms with Crippen molar-refractivity contribution in [2.75, 3.05) is 38.7 Å². The number of rotatable bonds is 2. The smallest absolute Gasteiger partial charge is 0.341 e. The number of nitrogens with one attached hydrogen (secondary N) is 1. The van der Waals surface area contributed by atoms with E-state index in [4.69, 9.17) is 14.2 Å². The van der Waals surface area contributed by atoms with E-state index < -0.39 is 11.8 Å². The van der Waals surface area contributed by atoms with Crippen molar-refractivity contribution >= 4 is 28.3 Å². The van der Waals surface area contributed by atoms with Gasteiger partial charge in [0.25, 0.3) is 0 Å². The van der Waals surface area contributed by atoms with Crippen molar-refractivity contribution in [1.82, 2.24) is 4.90 Å². The van der Waals surface area contributed by atoms with E-state index in [0.717, 1.165) is 10.4 Å². The number of thiophene rings is 1. The van der Waals surface area contributed by atoms with Gasteiger partial charge in [-0.15, -0.1) is 11.3 Å². The van der Waals surface area contributed by atoms with Crippen molar-refractivity contribution in [2.45, 2.75) is 32.5 Å². The second-order valence-corrected chi connectivity index (χ2v) is 7.23. The quantitative estimate of drug-likeness (QED) is 0.826. The molecule has 1 aromatic rings. The minimum absolute atomic E-state index is 0.214. The molecule has 1 spiro atoms. The third kappa shape index (κ3) is 3.13. The molecule has 0 aromatic carbocycles. The Kier molecular flexibility index (Phi) is 4.80. The maximum atomic E-state index is 12.5. The van der Waals surface area contributed by atoms with E-state index in [1.54, 1.807) is 4.90 Å². The summed E-state index contributed by atoms with van der Waals surface area (Å²) in [5, 5.41) is 3.40. The summed E-state index contributed by atoms with van der Waals surface area (Å²) in [5.74, 6) is -0.943. The number of urea groups is 1. The number of aryl methyl sites for hydroxylation is 1. The fraction of sp³-hybridized carbons (Fsp3) is 0.625. The molecule has 2 fully saturated rings. The van der Waals surface area contributed by atoms with Crippen LogP contribution in [0.1, 0.15) is 33.6 Å². The van der Waals surface area contributed by atoms with Crippen LogP contribution in [0.3, 0.4) is 0 Å². The molecule has 1 N–H and O–H groups in total. The number of amides is 2. The second kappa shape index (κ2) is 6.70. The minimum atomic E-state index is -0.510. The first-order valence-corrected chi connectivity index (χ1v) is 8.79. The highest BCUT2D eigenvalue weighted by molar-refractivity contribution is 7.16. The van der Waals surface area contributed by atoms with Crippen LogP contribution in [0.15, 0.2) is 0 Å². The number of esters is 1. The third-order valence-corrected chi connectivity index (χ3v) is 5.74. The Morgan fingerprint density at radius 2 is 1.83 bits per heavy atom. The van der Waals surface area contributed by atoms with Gasteiger partial charge in [-0.25, -0.2) is 9.59 Å². The van der Waals surface area contributed by atoms with Crippen LogP contribution < -0.4 is 5.32 Å². The Morgan fingerprint density at radius 1 is 1.21 bits per heavy atom. The predicted molar refractivity (Wildman–Crippen MR) is 89.6 cm³/mol. The van der Waals surface area contributed by atoms with E-state index in [1.807, 2.05) is 13.8 Å². The number of ether oxygens (including phenoxy) is 3. The SMILES string of the molecule is COC(=O)c1c(NC(=O)N2CCC3(CC2)OCCO3)sc(C)c1C. The van der Waals surface area contributed by atoms with Gasteiger partial charge in [0.1, 0.15) is 5.00 Å². The number of carbonyl (C=O) groups excluding carboxylic acids is 2. The average Bonchev–Trinajstić information content (AvgIpc) is 3.13. The number of piperidine rings is 1. The zero-order valence-electron chi connectivity index (χ0n) is 14.1. The Hall–Kier alpha value is -1.64. The van der Waals surface area contributed by atoms with Crippen LogP contribution in [-0.4, -0.2) is 56.1 Å². The lowest BCUT2D eigenvalue weighted by Gasteiger charge is -2.37. The molecule has 8 heteroatoms. The van der Waals surface area contributed by atoms with Crippen molar-refractivity contribution in [3.8, 4) is 0 Å². The maximum absolute atomic E-state index is 12.5. The van der Waals surface area contributed by atoms with Crippen molar-refractivity contribution in [3.05, 3.63) is 16.0 Å². The van der Waals surface area contributed by atoms with Crippen LogP contribution in [0.25, 0.3) is 0 Å². The molecule has 7 nitrogen and oxygen atoms in total. The van der Waals surface area contributed by atoms with E-state index >= 15 is 0 Å². The average molecular weight is 354 g/mol. The Morgan fingerprint density at radius 3 is 2.42 bits per heavy atom. The largest absolute Gasteiger partial charge is 0.465 e. The number of nitrogens with zero attached hydrogens (tertiary/aromatic N) is 1. The molecule has 1 aromatic heterocycles. The molecule has 0 unspecified atom stereocenters. The molecule has 0 bridgehead atoms. The molecule has 132 valence electrons. The third-order valence-electron chi connectivity index (χ3n) is 4.62. The zero-order chi connectivity index (χ0) is 17.3. The van der Waals surface area contributed by atoms with Crippen LogP contribution in [0.4, 0.5) is 9.80 Å². The molecule has 0 saturated carbocycles. The fourth-order valence-electron chi connectivity index (χ4n) is 3.08. The van der Waals surface area contributed by atoms with Gasteiger partial charge in [-0.1, -0.05) is 0 Å². The van der Waals surface area contributed by atoms with Crippen LogP contribution in [0.2, 0.25) is 0 Å². The highest BCUT2D eigenvalue weighted by Crippen LogP contribution is 2.34. The maximum Gasteiger partial charge on any atom is 0.341 e. The van der Waals surface area contributed by atoms with Crippen LogP contribution in [0, 0.1) is 13.8 Å². The summed E-state index contributed by atoms with van der Waals surface area (Å²) in [7, 11) is 1.34. The molecular weight excluding hydrogens is 332 g/mol. The van der Waals surface area contributed by atoms with E-state index in [2.05, 4.69) is 5.32 Å². The summed E-state index contributed by atoms with van der Waals surface area (Å²) in [4.78, 5) is 27.2. The van der Waals surface area contributed by atoms with Crippen LogP contribution in [-0.2, 0) is 14.2 Å². The van der Waals surface area contributed by atoms with Gasteiger partial charge in [0.2, 0.25) is 0 Å². The number of methoxy groups -OCH3 is 1. The lowest BCUT2D eigenvalue weighted by atomic mass is 10.0. The van der Waals surface area contributed by atoms with E-state index in [-0.39, 0.29) is 6.03 Å². The second-order valence-electron chi connectivity index (χ2n) is 6.00. The summed E-state index contributed by atoms with van der Waals surface area (Å²) < 4.78 is 16.2. The highest BCUT2D eigenvalue weighted by atomic mass is 32.1. The molecule has 0 radical (unpaired) electrons. The van der Waals surface area contributed by atoms with Crippen molar-refractivity contribution in [2.24, 2.45) is 0 Å². The Labute approximate surface area is 144 Å². The number of hydrogen-bond donors (Lipinski definition) is 1. The number of hydrogen-bond acceptors (Lipinski definition) is 6. The van der Waals surface area contributed by atoms with Gasteiger partial charge in [-0.05, 0) is 19.4 Å². The minimum Gasteiger partial charge on any atom is -0.465 e. The molecular formula is C16H22N2O5S. The van der Waals surface area contributed by atoms with E-state index in [0.29, 0.717) is 49.7 Å². The summed E-state index contributed by atoms with van der Waals surface area (Å²) in [6, 6.07) is -0.214. The van der Waals surface area contributed by atoms with Gasteiger partial charge < -0.3 is 19.1 Å². The topological polar surface area (TPSA) is 77.1 Å². The van der Waals surface area contributed by atoms with Crippen LogP contribution >= 0.6 is 11.3 Å². The summed E-state index contributed by atoms with van der Waals surface area (Å²) in [5.41, 5.74) is 1.27. The van der Waals surface area contributed by atoms with Crippen molar-refractivity contribution in [1.29, 1.82) is 0 Å². The normalized spacial score (nSPS) is 19.5. The zero-order valence-corrected chi connectivity index (χ0v) is 15.0. The van der Waals surface area contributed by atoms with Gasteiger partial charge in [0.05, 0.1) is 25.9 Å². The predicted octanol–water partition coefficient (Wildman–Crippen LogP) is 2.52. The van der Waals surface area contributed by atoms with E-state index in [1.165, 1.54) is 18.4 Å². The first-order chi connectivity index (χ1) is 11.5. The summed E-state index contributed by atoms with van der Waals surface area (Å²) >= 11 is 1.39. The summed E-state index contributed by atoms with van der Waals surface area (Å²) in [6.07, 6.45) is 1.32. The van der Waals surface area contributed by atoms with Gasteiger partial charge in [-0.2, -0.15) is 0 Å². The lowest BCUT2D eigenvalue weighted by Crippen LogP contribution is -2.48. The lowest BCUT2D eigenvalue weighted by molar-refractivity contribution is -0.181. The number of anilines is 1. The van der Waals surface area contributed by atoms with Gasteiger partial charge in [-0.3, -0.25) is 5.32 Å². The number of likely N-dealkylation sites (tertiary alicyclic amines) is 1. The highest BCUT2D eigenvalue weighted by Gasteiger charge is 2.41. The first kappa shape index (κ1) is 17.2. The molecule has 0 aliphatic carbocycles. The molecule has 0 atom stereocenters. The fourth-order valence-corrected chi connectivity index (χ4v) is 4.11. The van der Waals surface area contributed by atoms with Crippen molar-refractivity contribution < 1.29 is 23.8 Å². The van der Waals surface area contributed by atoms with E-state index in [9.17, 15) is 9.59 Å². The Bertz CT molecular complexity index is 641. The van der Waals surface area contributed by atoms with Gasteiger partial charge in [0, 0.05) is 30.8 Å². The molecule has 2 aliphatic rings. The van der Waals surface area contributed by atoms with Gasteiger partial charge >= 0.3 is 12.0 Å². The Balaban J connectivity index is 1.67. The molecule has 2 amide bonds. The molecule has 3 heterocycles.